The lowest BCUT2D eigenvalue weighted by molar-refractivity contribution is 0.0585. The Morgan fingerprint density at radius 3 is 2.50 bits per heavy atom. The third-order valence-corrected chi connectivity index (χ3v) is 3.74. The molecule has 0 spiro atoms. The zero-order valence-electron chi connectivity index (χ0n) is 10.7. The van der Waals surface area contributed by atoms with Crippen LogP contribution in [0.3, 0.4) is 0 Å². The summed E-state index contributed by atoms with van der Waals surface area (Å²) >= 11 is 0. The van der Waals surface area contributed by atoms with E-state index in [9.17, 15) is 4.79 Å². The second-order valence-corrected chi connectivity index (χ2v) is 5.92. The normalized spacial score (nSPS) is 26.4. The number of hydrogen-bond donors (Lipinski definition) is 1. The summed E-state index contributed by atoms with van der Waals surface area (Å²) < 4.78 is 4.62. The molecule has 0 amide bonds. The summed E-state index contributed by atoms with van der Waals surface area (Å²) in [6, 6.07) is 0. The lowest BCUT2D eigenvalue weighted by atomic mass is 9.65. The average molecular weight is 228 g/mol. The third-order valence-electron chi connectivity index (χ3n) is 3.74. The van der Waals surface area contributed by atoms with E-state index in [1.807, 2.05) is 0 Å². The van der Waals surface area contributed by atoms with Crippen LogP contribution in [0.15, 0.2) is 0 Å². The van der Waals surface area contributed by atoms with Gasteiger partial charge in [-0.25, -0.2) is 4.79 Å². The molecule has 1 saturated carbocycles. The standard InChI is InChI=1S/C13H24O3/c1-13(2,3)11-7-5-4-6-10(11)8-9-16-12(14)15/h10-11H,4-9H2,1-3H3,(H,14,15). The van der Waals surface area contributed by atoms with E-state index < -0.39 is 6.16 Å². The summed E-state index contributed by atoms with van der Waals surface area (Å²) in [5.41, 5.74) is 0.328. The number of hydrogen-bond acceptors (Lipinski definition) is 2. The molecule has 3 heteroatoms. The van der Waals surface area contributed by atoms with Crippen LogP contribution in [0.2, 0.25) is 0 Å². The van der Waals surface area contributed by atoms with Gasteiger partial charge in [-0.3, -0.25) is 0 Å². The fourth-order valence-corrected chi connectivity index (χ4v) is 2.99. The number of carbonyl (C=O) groups is 1. The molecule has 0 bridgehead atoms. The second kappa shape index (κ2) is 5.55. The second-order valence-electron chi connectivity index (χ2n) is 5.92. The Kier molecular flexibility index (Phi) is 4.63. The number of rotatable bonds is 3. The third kappa shape index (κ3) is 4.03. The zero-order chi connectivity index (χ0) is 12.2. The first-order valence-electron chi connectivity index (χ1n) is 6.27. The molecule has 16 heavy (non-hydrogen) atoms. The average Bonchev–Trinajstić information content (AvgIpc) is 2.16. The molecule has 2 unspecified atom stereocenters. The molecule has 1 aliphatic carbocycles. The lowest BCUT2D eigenvalue weighted by Gasteiger charge is -2.40. The van der Waals surface area contributed by atoms with Gasteiger partial charge in [0, 0.05) is 0 Å². The summed E-state index contributed by atoms with van der Waals surface area (Å²) in [5.74, 6) is 1.34. The van der Waals surface area contributed by atoms with Crippen molar-refractivity contribution in [2.24, 2.45) is 17.3 Å². The van der Waals surface area contributed by atoms with Crippen LogP contribution in [0, 0.1) is 17.3 Å². The van der Waals surface area contributed by atoms with E-state index in [-0.39, 0.29) is 0 Å². The van der Waals surface area contributed by atoms with Crippen LogP contribution in [-0.4, -0.2) is 17.9 Å². The highest BCUT2D eigenvalue weighted by molar-refractivity contribution is 5.56. The van der Waals surface area contributed by atoms with E-state index in [1.54, 1.807) is 0 Å². The van der Waals surface area contributed by atoms with Crippen LogP contribution in [0.1, 0.15) is 52.9 Å². The molecular weight excluding hydrogens is 204 g/mol. The van der Waals surface area contributed by atoms with Crippen molar-refractivity contribution in [3.8, 4) is 0 Å². The van der Waals surface area contributed by atoms with Gasteiger partial charge in [0.15, 0.2) is 0 Å². The Bertz CT molecular complexity index is 230. The monoisotopic (exact) mass is 228 g/mol. The van der Waals surface area contributed by atoms with Crippen LogP contribution < -0.4 is 0 Å². The van der Waals surface area contributed by atoms with E-state index >= 15 is 0 Å². The van der Waals surface area contributed by atoms with E-state index in [4.69, 9.17) is 5.11 Å². The van der Waals surface area contributed by atoms with Crippen LogP contribution in [0.4, 0.5) is 4.79 Å². The molecule has 2 atom stereocenters. The van der Waals surface area contributed by atoms with Crippen molar-refractivity contribution in [1.29, 1.82) is 0 Å². The van der Waals surface area contributed by atoms with Crippen molar-refractivity contribution >= 4 is 6.16 Å². The Morgan fingerprint density at radius 1 is 1.31 bits per heavy atom. The van der Waals surface area contributed by atoms with Crippen molar-refractivity contribution in [2.75, 3.05) is 6.61 Å². The molecular formula is C13H24O3. The van der Waals surface area contributed by atoms with Gasteiger partial charge in [-0.15, -0.1) is 0 Å². The smallest absolute Gasteiger partial charge is 0.450 e. The molecule has 3 nitrogen and oxygen atoms in total. The maximum atomic E-state index is 10.3. The highest BCUT2D eigenvalue weighted by Crippen LogP contribution is 2.43. The van der Waals surface area contributed by atoms with Gasteiger partial charge in [0.05, 0.1) is 6.61 Å². The molecule has 94 valence electrons. The van der Waals surface area contributed by atoms with E-state index in [1.165, 1.54) is 25.7 Å². The molecule has 1 fully saturated rings. The molecule has 0 aliphatic heterocycles. The first kappa shape index (κ1) is 13.3. The maximum Gasteiger partial charge on any atom is 0.505 e. The molecule has 1 rings (SSSR count). The lowest BCUT2D eigenvalue weighted by Crippen LogP contribution is -2.31. The molecule has 0 saturated heterocycles. The summed E-state index contributed by atoms with van der Waals surface area (Å²) in [7, 11) is 0. The van der Waals surface area contributed by atoms with Crippen molar-refractivity contribution in [2.45, 2.75) is 52.9 Å². The van der Waals surface area contributed by atoms with Gasteiger partial charge in [0.25, 0.3) is 0 Å². The summed E-state index contributed by atoms with van der Waals surface area (Å²) in [5, 5.41) is 8.45. The Hall–Kier alpha value is -0.730. The SMILES string of the molecule is CC(C)(C)C1CCCCC1CCOC(=O)O. The molecule has 0 heterocycles. The number of carboxylic acid groups (broad SMARTS) is 1. The van der Waals surface area contributed by atoms with Crippen LogP contribution >= 0.6 is 0 Å². The molecule has 0 radical (unpaired) electrons. The highest BCUT2D eigenvalue weighted by Gasteiger charge is 2.33. The van der Waals surface area contributed by atoms with E-state index in [0.717, 1.165) is 6.42 Å². The first-order chi connectivity index (χ1) is 7.41. The predicted molar refractivity (Wildman–Crippen MR) is 63.5 cm³/mol. The summed E-state index contributed by atoms with van der Waals surface area (Å²) in [6.45, 7) is 7.21. The maximum absolute atomic E-state index is 10.3. The van der Waals surface area contributed by atoms with E-state index in [0.29, 0.717) is 23.9 Å². The fourth-order valence-electron chi connectivity index (χ4n) is 2.99. The highest BCUT2D eigenvalue weighted by atomic mass is 16.7. The van der Waals surface area contributed by atoms with Gasteiger partial charge in [-0.1, -0.05) is 40.0 Å². The quantitative estimate of drug-likeness (QED) is 0.744. The molecule has 0 aromatic carbocycles. The Morgan fingerprint density at radius 2 is 1.94 bits per heavy atom. The fraction of sp³-hybridized carbons (Fsp3) is 0.923. The van der Waals surface area contributed by atoms with Crippen LogP contribution in [-0.2, 0) is 4.74 Å². The van der Waals surface area contributed by atoms with Gasteiger partial charge in [-0.05, 0) is 30.1 Å². The first-order valence-corrected chi connectivity index (χ1v) is 6.27. The molecule has 0 aromatic heterocycles. The van der Waals surface area contributed by atoms with Gasteiger partial charge < -0.3 is 9.84 Å². The van der Waals surface area contributed by atoms with Crippen LogP contribution in [0.5, 0.6) is 0 Å². The van der Waals surface area contributed by atoms with Crippen molar-refractivity contribution in [3.63, 3.8) is 0 Å². The molecule has 1 N–H and O–H groups in total. The predicted octanol–water partition coefficient (Wildman–Crippen LogP) is 3.92. The molecule has 0 aromatic rings. The number of ether oxygens (including phenoxy) is 1. The minimum absolute atomic E-state index is 0.328. The minimum Gasteiger partial charge on any atom is -0.450 e. The van der Waals surface area contributed by atoms with Gasteiger partial charge in [0.1, 0.15) is 0 Å². The van der Waals surface area contributed by atoms with Gasteiger partial charge >= 0.3 is 6.16 Å². The largest absolute Gasteiger partial charge is 0.505 e. The summed E-state index contributed by atoms with van der Waals surface area (Å²) in [4.78, 5) is 10.3. The Labute approximate surface area is 98.2 Å². The minimum atomic E-state index is -1.15. The zero-order valence-corrected chi connectivity index (χ0v) is 10.7. The van der Waals surface area contributed by atoms with Gasteiger partial charge in [-0.2, -0.15) is 0 Å². The topological polar surface area (TPSA) is 46.5 Å². The molecule has 1 aliphatic rings. The van der Waals surface area contributed by atoms with Crippen LogP contribution in [0.25, 0.3) is 0 Å². The van der Waals surface area contributed by atoms with Gasteiger partial charge in [0.2, 0.25) is 0 Å². The van der Waals surface area contributed by atoms with E-state index in [2.05, 4.69) is 25.5 Å². The van der Waals surface area contributed by atoms with Crippen molar-refractivity contribution < 1.29 is 14.6 Å². The Balaban J connectivity index is 2.44. The van der Waals surface area contributed by atoms with Crippen molar-refractivity contribution in [1.82, 2.24) is 0 Å². The summed E-state index contributed by atoms with van der Waals surface area (Å²) in [6.07, 6.45) is 4.84. The van der Waals surface area contributed by atoms with Crippen molar-refractivity contribution in [3.05, 3.63) is 0 Å².